The summed E-state index contributed by atoms with van der Waals surface area (Å²) in [7, 11) is 0. The number of aromatic nitrogens is 1. The zero-order valence-electron chi connectivity index (χ0n) is 8.92. The molecule has 0 aliphatic heterocycles. The molecule has 0 unspecified atom stereocenters. The number of pyridine rings is 1. The molecule has 0 radical (unpaired) electrons. The maximum Gasteiger partial charge on any atom is 0.335 e. The Kier molecular flexibility index (Phi) is 3.79. The van der Waals surface area contributed by atoms with Gasteiger partial charge in [0.2, 0.25) is 0 Å². The Hall–Kier alpha value is -2.40. The minimum Gasteiger partial charge on any atom is -0.478 e. The zero-order chi connectivity index (χ0) is 11.5. The van der Waals surface area contributed by atoms with Crippen molar-refractivity contribution in [2.24, 2.45) is 0 Å². The molecular weight excluding hydrogens is 220 g/mol. The Morgan fingerprint density at radius 1 is 1.06 bits per heavy atom. The second-order valence-electron chi connectivity index (χ2n) is 3.35. The molecule has 5 heteroatoms. The van der Waals surface area contributed by atoms with Crippen molar-refractivity contribution in [1.82, 2.24) is 4.98 Å². The van der Waals surface area contributed by atoms with Gasteiger partial charge in [0.25, 0.3) is 0 Å². The van der Waals surface area contributed by atoms with Crippen LogP contribution < -0.4 is 5.73 Å². The molecule has 0 fully saturated rings. The molecule has 5 nitrogen and oxygen atoms in total. The van der Waals surface area contributed by atoms with Gasteiger partial charge in [0.1, 0.15) is 5.82 Å². The third kappa shape index (κ3) is 2.79. The molecule has 2 rings (SSSR count). The molecule has 17 heavy (non-hydrogen) atoms. The van der Waals surface area contributed by atoms with Crippen LogP contribution in [0.15, 0.2) is 42.6 Å². The number of hydrogen-bond donors (Lipinski definition) is 2. The van der Waals surface area contributed by atoms with E-state index in [1.54, 1.807) is 36.5 Å². The Morgan fingerprint density at radius 3 is 2.12 bits per heavy atom. The maximum atomic E-state index is 10.7. The topological polar surface area (TPSA) is 108 Å². The van der Waals surface area contributed by atoms with Crippen LogP contribution in [-0.4, -0.2) is 21.5 Å². The zero-order valence-corrected chi connectivity index (χ0v) is 8.92. The number of aromatic carboxylic acids is 1. The van der Waals surface area contributed by atoms with Gasteiger partial charge in [-0.2, -0.15) is 0 Å². The Morgan fingerprint density at radius 2 is 1.65 bits per heavy atom. The molecule has 88 valence electrons. The first-order valence-electron chi connectivity index (χ1n) is 4.72. The van der Waals surface area contributed by atoms with E-state index in [4.69, 9.17) is 10.8 Å². The summed E-state index contributed by atoms with van der Waals surface area (Å²) in [6.45, 7) is 0. The smallest absolute Gasteiger partial charge is 0.335 e. The number of nitrogens with zero attached hydrogens (tertiary/aromatic N) is 1. The SMILES string of the molecule is Nc1ccc(-c2ccc(C(=O)O)cc2)cn1.O. The summed E-state index contributed by atoms with van der Waals surface area (Å²) in [4.78, 5) is 14.6. The van der Waals surface area contributed by atoms with Gasteiger partial charge in [-0.3, -0.25) is 0 Å². The largest absolute Gasteiger partial charge is 0.478 e. The van der Waals surface area contributed by atoms with E-state index in [0.29, 0.717) is 5.82 Å². The average Bonchev–Trinajstić information content (AvgIpc) is 2.30. The lowest BCUT2D eigenvalue weighted by molar-refractivity contribution is 0.0697. The predicted octanol–water partition coefficient (Wildman–Crippen LogP) is 1.20. The number of carbonyl (C=O) groups is 1. The highest BCUT2D eigenvalue weighted by atomic mass is 16.4. The van der Waals surface area contributed by atoms with E-state index >= 15 is 0 Å². The Bertz CT molecular complexity index is 506. The first-order chi connectivity index (χ1) is 7.66. The fourth-order valence-corrected chi connectivity index (χ4v) is 1.38. The highest BCUT2D eigenvalue weighted by Gasteiger charge is 2.03. The maximum absolute atomic E-state index is 10.7. The van der Waals surface area contributed by atoms with Gasteiger partial charge in [0, 0.05) is 11.8 Å². The normalized spacial score (nSPS) is 9.41. The van der Waals surface area contributed by atoms with E-state index in [2.05, 4.69) is 4.98 Å². The summed E-state index contributed by atoms with van der Waals surface area (Å²) in [6.07, 6.45) is 1.66. The predicted molar refractivity (Wildman–Crippen MR) is 64.7 cm³/mol. The minimum atomic E-state index is -0.929. The van der Waals surface area contributed by atoms with Crippen LogP contribution in [-0.2, 0) is 0 Å². The first kappa shape index (κ1) is 12.7. The van der Waals surface area contributed by atoms with Crippen LogP contribution in [0, 0.1) is 0 Å². The molecule has 1 aromatic carbocycles. The molecule has 0 atom stereocenters. The third-order valence-corrected chi connectivity index (χ3v) is 2.25. The van der Waals surface area contributed by atoms with Crippen molar-refractivity contribution in [3.8, 4) is 11.1 Å². The summed E-state index contributed by atoms with van der Waals surface area (Å²) < 4.78 is 0. The summed E-state index contributed by atoms with van der Waals surface area (Å²) in [5.74, 6) is -0.465. The van der Waals surface area contributed by atoms with Crippen molar-refractivity contribution in [2.75, 3.05) is 5.73 Å². The molecule has 0 aliphatic carbocycles. The van der Waals surface area contributed by atoms with E-state index in [1.807, 2.05) is 6.07 Å². The fourth-order valence-electron chi connectivity index (χ4n) is 1.38. The first-order valence-corrected chi connectivity index (χ1v) is 4.72. The van der Waals surface area contributed by atoms with Gasteiger partial charge in [-0.1, -0.05) is 12.1 Å². The number of nitrogens with two attached hydrogens (primary N) is 1. The summed E-state index contributed by atoms with van der Waals surface area (Å²) in [5, 5.41) is 8.75. The molecule has 0 saturated heterocycles. The number of rotatable bonds is 2. The van der Waals surface area contributed by atoms with E-state index in [9.17, 15) is 4.79 Å². The third-order valence-electron chi connectivity index (χ3n) is 2.25. The van der Waals surface area contributed by atoms with Crippen LogP contribution in [0.1, 0.15) is 10.4 Å². The number of carboxylic acids is 1. The van der Waals surface area contributed by atoms with Crippen LogP contribution in [0.25, 0.3) is 11.1 Å². The van der Waals surface area contributed by atoms with E-state index < -0.39 is 5.97 Å². The van der Waals surface area contributed by atoms with Gasteiger partial charge in [-0.15, -0.1) is 0 Å². The van der Waals surface area contributed by atoms with Crippen LogP contribution in [0.2, 0.25) is 0 Å². The van der Waals surface area contributed by atoms with Gasteiger partial charge in [-0.05, 0) is 29.8 Å². The van der Waals surface area contributed by atoms with Crippen LogP contribution >= 0.6 is 0 Å². The quantitative estimate of drug-likeness (QED) is 0.810. The van der Waals surface area contributed by atoms with Crippen molar-refractivity contribution in [3.05, 3.63) is 48.2 Å². The minimum absolute atomic E-state index is 0. The lowest BCUT2D eigenvalue weighted by Crippen LogP contribution is -1.95. The highest BCUT2D eigenvalue weighted by Crippen LogP contribution is 2.19. The van der Waals surface area contributed by atoms with Crippen LogP contribution in [0.5, 0.6) is 0 Å². The fraction of sp³-hybridized carbons (Fsp3) is 0. The van der Waals surface area contributed by atoms with E-state index in [0.717, 1.165) is 11.1 Å². The molecule has 0 saturated carbocycles. The molecule has 0 amide bonds. The van der Waals surface area contributed by atoms with Crippen molar-refractivity contribution in [3.63, 3.8) is 0 Å². The van der Waals surface area contributed by atoms with Crippen molar-refractivity contribution in [1.29, 1.82) is 0 Å². The molecular formula is C12H12N2O3. The number of carboxylic acid groups (broad SMARTS) is 1. The Labute approximate surface area is 97.8 Å². The van der Waals surface area contributed by atoms with Gasteiger partial charge in [0.15, 0.2) is 0 Å². The highest BCUT2D eigenvalue weighted by molar-refractivity contribution is 5.88. The molecule has 0 bridgehead atoms. The Balaban J connectivity index is 0.00000144. The van der Waals surface area contributed by atoms with Gasteiger partial charge < -0.3 is 16.3 Å². The lowest BCUT2D eigenvalue weighted by Gasteiger charge is -2.02. The van der Waals surface area contributed by atoms with Crippen LogP contribution in [0.3, 0.4) is 0 Å². The summed E-state index contributed by atoms with van der Waals surface area (Å²) >= 11 is 0. The molecule has 0 spiro atoms. The molecule has 2 aromatic rings. The second kappa shape index (κ2) is 5.09. The number of nitrogen functional groups attached to an aromatic ring is 1. The van der Waals surface area contributed by atoms with Crippen molar-refractivity contribution < 1.29 is 15.4 Å². The van der Waals surface area contributed by atoms with E-state index in [1.165, 1.54) is 0 Å². The summed E-state index contributed by atoms with van der Waals surface area (Å²) in [6, 6.07) is 10.2. The monoisotopic (exact) mass is 232 g/mol. The van der Waals surface area contributed by atoms with Gasteiger partial charge >= 0.3 is 5.97 Å². The molecule has 1 heterocycles. The van der Waals surface area contributed by atoms with E-state index in [-0.39, 0.29) is 11.0 Å². The van der Waals surface area contributed by atoms with Gasteiger partial charge in [-0.25, -0.2) is 9.78 Å². The van der Waals surface area contributed by atoms with Crippen molar-refractivity contribution in [2.45, 2.75) is 0 Å². The average molecular weight is 232 g/mol. The number of benzene rings is 1. The molecule has 1 aromatic heterocycles. The molecule has 5 N–H and O–H groups in total. The summed E-state index contributed by atoms with van der Waals surface area (Å²) in [5.41, 5.74) is 7.57. The molecule has 0 aliphatic rings. The second-order valence-corrected chi connectivity index (χ2v) is 3.35. The van der Waals surface area contributed by atoms with Crippen molar-refractivity contribution >= 4 is 11.8 Å². The number of anilines is 1. The number of hydrogen-bond acceptors (Lipinski definition) is 3. The standard InChI is InChI=1S/C12H10N2O2.H2O/c13-11-6-5-10(7-14-11)8-1-3-9(4-2-8)12(15)16;/h1-7H,(H2,13,14)(H,15,16);1H2. The lowest BCUT2D eigenvalue weighted by atomic mass is 10.1. The van der Waals surface area contributed by atoms with Crippen LogP contribution in [0.4, 0.5) is 5.82 Å². The van der Waals surface area contributed by atoms with Gasteiger partial charge in [0.05, 0.1) is 5.56 Å².